The van der Waals surface area contributed by atoms with Crippen LogP contribution in [0.5, 0.6) is 0 Å². The summed E-state index contributed by atoms with van der Waals surface area (Å²) in [6, 6.07) is 13.1. The molecule has 5 rings (SSSR count). The summed E-state index contributed by atoms with van der Waals surface area (Å²) in [5.41, 5.74) is 5.24. The maximum absolute atomic E-state index is 11.5. The summed E-state index contributed by atoms with van der Waals surface area (Å²) < 4.78 is 0. The smallest absolute Gasteiger partial charge is 0.343 e. The van der Waals surface area contributed by atoms with Gasteiger partial charge in [-0.05, 0) is 72.8 Å². The normalized spacial score (nSPS) is 12.0. The van der Waals surface area contributed by atoms with Gasteiger partial charge in [0, 0.05) is 27.6 Å². The van der Waals surface area contributed by atoms with Crippen LogP contribution in [0.3, 0.4) is 0 Å². The molecule has 0 fully saturated rings. The van der Waals surface area contributed by atoms with Gasteiger partial charge in [0.15, 0.2) is 0 Å². The van der Waals surface area contributed by atoms with Gasteiger partial charge in [-0.15, -0.1) is 0 Å². The van der Waals surface area contributed by atoms with Crippen LogP contribution in [0.4, 0.5) is 0 Å². The van der Waals surface area contributed by atoms with Crippen molar-refractivity contribution < 1.29 is 19.8 Å². The van der Waals surface area contributed by atoms with Crippen LogP contribution in [0.25, 0.3) is 52.4 Å². The van der Waals surface area contributed by atoms with E-state index in [1.165, 1.54) is 0 Å². The van der Waals surface area contributed by atoms with Gasteiger partial charge in [0.2, 0.25) is 0 Å². The zero-order chi connectivity index (χ0) is 22.2. The van der Waals surface area contributed by atoms with E-state index in [9.17, 15) is 19.8 Å². The minimum atomic E-state index is -1.53. The van der Waals surface area contributed by atoms with E-state index in [4.69, 9.17) is 0 Å². The number of aromatic nitrogens is 4. The number of hydrogen-bond acceptors (Lipinski definition) is 4. The Balaban J connectivity index is 1.87. The molecule has 8 nitrogen and oxygen atoms in total. The molecule has 8 bridgehead atoms. The minimum Gasteiger partial charge on any atom is -0.477 e. The third kappa shape index (κ3) is 3.72. The third-order valence-electron chi connectivity index (χ3n) is 5.01. The van der Waals surface area contributed by atoms with Crippen LogP contribution in [-0.2, 0) is 9.59 Å². The first-order chi connectivity index (χ1) is 15.4. The first-order valence-electron chi connectivity index (χ1n) is 9.70. The molecule has 0 atom stereocenters. The van der Waals surface area contributed by atoms with E-state index in [2.05, 4.69) is 19.9 Å². The predicted octanol–water partition coefficient (Wildman–Crippen LogP) is 4.21. The molecule has 0 radical (unpaired) electrons. The van der Waals surface area contributed by atoms with Crippen LogP contribution in [0, 0.1) is 0 Å². The van der Waals surface area contributed by atoms with Gasteiger partial charge in [-0.3, -0.25) is 0 Å². The van der Waals surface area contributed by atoms with E-state index >= 15 is 0 Å². The fourth-order valence-corrected chi connectivity index (χ4v) is 3.54. The molecule has 0 saturated carbocycles. The highest BCUT2D eigenvalue weighted by atomic mass is 16.4. The summed E-state index contributed by atoms with van der Waals surface area (Å²) in [5, 5.41) is 18.7. The van der Waals surface area contributed by atoms with Crippen molar-refractivity contribution in [3.8, 4) is 0 Å². The van der Waals surface area contributed by atoms with Crippen molar-refractivity contribution in [2.24, 2.45) is 0 Å². The maximum atomic E-state index is 11.5. The zero-order valence-corrected chi connectivity index (χ0v) is 16.5. The Kier molecular flexibility index (Phi) is 4.52. The predicted molar refractivity (Wildman–Crippen MR) is 122 cm³/mol. The van der Waals surface area contributed by atoms with Gasteiger partial charge >= 0.3 is 11.9 Å². The summed E-state index contributed by atoms with van der Waals surface area (Å²) in [4.78, 5) is 38.6. The largest absolute Gasteiger partial charge is 0.477 e. The zero-order valence-electron chi connectivity index (χ0n) is 16.5. The number of H-pyrrole nitrogens is 2. The first-order valence-corrected chi connectivity index (χ1v) is 9.70. The maximum Gasteiger partial charge on any atom is 0.343 e. The summed E-state index contributed by atoms with van der Waals surface area (Å²) in [6.45, 7) is 0. The van der Waals surface area contributed by atoms with Crippen LogP contribution >= 0.6 is 0 Å². The van der Waals surface area contributed by atoms with Crippen molar-refractivity contribution in [2.45, 2.75) is 0 Å². The SMILES string of the molecule is O=C(O)C(=Cc1c2nc(cc3nc(cc4ccc(cc5ccc1[nH]5)[nH]4)C=C3)C=C2)C(=O)O. The highest BCUT2D eigenvalue weighted by Crippen LogP contribution is 2.23. The minimum absolute atomic E-state index is 0.354. The van der Waals surface area contributed by atoms with E-state index in [-0.39, 0.29) is 0 Å². The molecule has 2 aliphatic heterocycles. The van der Waals surface area contributed by atoms with E-state index in [0.29, 0.717) is 22.5 Å². The van der Waals surface area contributed by atoms with Crippen molar-refractivity contribution in [1.82, 2.24) is 19.9 Å². The van der Waals surface area contributed by atoms with E-state index in [1.807, 2.05) is 42.5 Å². The topological polar surface area (TPSA) is 132 Å². The lowest BCUT2D eigenvalue weighted by atomic mass is 10.1. The number of fused-ring (bicyclic) bond motifs is 8. The molecular formula is C24H16N4O4. The summed E-state index contributed by atoms with van der Waals surface area (Å²) in [7, 11) is 0. The number of carboxylic acids is 2. The lowest BCUT2D eigenvalue weighted by Gasteiger charge is -1.99. The average Bonchev–Trinajstić information content (AvgIpc) is 3.52. The second-order valence-corrected chi connectivity index (χ2v) is 7.26. The fourth-order valence-electron chi connectivity index (χ4n) is 3.54. The Hall–Kier alpha value is -4.72. The molecule has 5 heterocycles. The van der Waals surface area contributed by atoms with Gasteiger partial charge in [0.05, 0.1) is 22.8 Å². The molecule has 3 aromatic rings. The second kappa shape index (κ2) is 7.51. The Morgan fingerprint density at radius 1 is 0.719 bits per heavy atom. The van der Waals surface area contributed by atoms with Gasteiger partial charge in [-0.1, -0.05) is 0 Å². The summed E-state index contributed by atoms with van der Waals surface area (Å²) in [6.07, 6.45) is 8.39. The molecule has 0 spiro atoms. The molecule has 0 amide bonds. The van der Waals surface area contributed by atoms with Crippen LogP contribution in [0.15, 0.2) is 48.0 Å². The quantitative estimate of drug-likeness (QED) is 0.195. The Labute approximate surface area is 180 Å². The van der Waals surface area contributed by atoms with Crippen LogP contribution in [0.2, 0.25) is 0 Å². The lowest BCUT2D eigenvalue weighted by molar-refractivity contribution is -0.140. The number of carboxylic acid groups (broad SMARTS) is 2. The summed E-state index contributed by atoms with van der Waals surface area (Å²) in [5.74, 6) is -3.06. The number of aromatic amines is 2. The lowest BCUT2D eigenvalue weighted by Crippen LogP contribution is -2.11. The standard InChI is InChI=1S/C24H16N4O4/c29-23(30)20(24(31)32)12-19-21-7-5-17(27-21)10-15-3-1-13(25-15)9-14-2-4-16(26-14)11-18-6-8-22(19)28-18/h1-12,25,27H,(H,29,30)(H,31,32). The van der Waals surface area contributed by atoms with Crippen molar-refractivity contribution in [1.29, 1.82) is 0 Å². The number of nitrogens with zero attached hydrogens (tertiary/aromatic N) is 2. The monoisotopic (exact) mass is 424 g/mol. The van der Waals surface area contributed by atoms with Gasteiger partial charge in [-0.2, -0.15) is 0 Å². The molecule has 4 N–H and O–H groups in total. The molecule has 0 aromatic carbocycles. The van der Waals surface area contributed by atoms with Gasteiger partial charge in [0.25, 0.3) is 0 Å². The Bertz CT molecular complexity index is 1520. The van der Waals surface area contributed by atoms with Crippen molar-refractivity contribution >= 4 is 64.4 Å². The van der Waals surface area contributed by atoms with Crippen LogP contribution < -0.4 is 0 Å². The second-order valence-electron chi connectivity index (χ2n) is 7.26. The molecule has 0 aliphatic carbocycles. The van der Waals surface area contributed by atoms with Crippen molar-refractivity contribution in [3.63, 3.8) is 0 Å². The van der Waals surface area contributed by atoms with Gasteiger partial charge in [0.1, 0.15) is 5.57 Å². The number of carbonyl (C=O) groups is 2. The Morgan fingerprint density at radius 3 is 2.06 bits per heavy atom. The molecule has 0 unspecified atom stereocenters. The van der Waals surface area contributed by atoms with Crippen molar-refractivity contribution in [2.75, 3.05) is 0 Å². The third-order valence-corrected chi connectivity index (χ3v) is 5.01. The highest BCUT2D eigenvalue weighted by molar-refractivity contribution is 6.17. The van der Waals surface area contributed by atoms with E-state index < -0.39 is 17.5 Å². The first kappa shape index (κ1) is 19.3. The number of nitrogens with one attached hydrogen (secondary N) is 2. The highest BCUT2D eigenvalue weighted by Gasteiger charge is 2.18. The Morgan fingerprint density at radius 2 is 1.31 bits per heavy atom. The van der Waals surface area contributed by atoms with E-state index in [1.54, 1.807) is 24.3 Å². The fraction of sp³-hybridized carbons (Fsp3) is 0. The van der Waals surface area contributed by atoms with Gasteiger partial charge in [-0.25, -0.2) is 19.6 Å². The average molecular weight is 424 g/mol. The van der Waals surface area contributed by atoms with Gasteiger partial charge < -0.3 is 20.2 Å². The van der Waals surface area contributed by atoms with E-state index in [0.717, 1.165) is 34.0 Å². The molecular weight excluding hydrogens is 408 g/mol. The number of hydrogen-bond donors (Lipinski definition) is 4. The molecule has 3 aromatic heterocycles. The summed E-state index contributed by atoms with van der Waals surface area (Å²) >= 11 is 0. The van der Waals surface area contributed by atoms with Crippen LogP contribution in [0.1, 0.15) is 28.3 Å². The molecule has 2 aliphatic rings. The number of rotatable bonds is 3. The van der Waals surface area contributed by atoms with Crippen molar-refractivity contribution in [3.05, 3.63) is 76.4 Å². The molecule has 32 heavy (non-hydrogen) atoms. The van der Waals surface area contributed by atoms with Crippen LogP contribution in [-0.4, -0.2) is 42.1 Å². The number of aliphatic carboxylic acids is 2. The molecule has 0 saturated heterocycles. The molecule has 8 heteroatoms. The molecule has 156 valence electrons.